The van der Waals surface area contributed by atoms with Crippen LogP contribution in [-0.4, -0.2) is 32.8 Å². The van der Waals surface area contributed by atoms with Gasteiger partial charge in [0.05, 0.1) is 5.92 Å². The third-order valence-corrected chi connectivity index (χ3v) is 3.95. The molecule has 1 aliphatic carbocycles. The van der Waals surface area contributed by atoms with Crippen LogP contribution in [0.15, 0.2) is 12.3 Å². The number of carboxylic acid groups (broad SMARTS) is 1. The van der Waals surface area contributed by atoms with Crippen LogP contribution >= 0.6 is 0 Å². The van der Waals surface area contributed by atoms with Crippen molar-refractivity contribution in [1.82, 2.24) is 15.1 Å². The van der Waals surface area contributed by atoms with Gasteiger partial charge in [-0.25, -0.2) is 0 Å². The minimum atomic E-state index is -0.817. The predicted molar refractivity (Wildman–Crippen MR) is 73.3 cm³/mol. The number of hydrogen-bond acceptors (Lipinski definition) is 3. The molecule has 2 unspecified atom stereocenters. The van der Waals surface area contributed by atoms with Crippen LogP contribution in [-0.2, 0) is 11.8 Å². The zero-order valence-corrected chi connectivity index (χ0v) is 11.7. The lowest BCUT2D eigenvalue weighted by Gasteiger charge is -2.27. The molecule has 0 aliphatic heterocycles. The third kappa shape index (κ3) is 3.37. The van der Waals surface area contributed by atoms with E-state index in [2.05, 4.69) is 10.4 Å². The van der Waals surface area contributed by atoms with Crippen molar-refractivity contribution in [3.8, 4) is 0 Å². The maximum absolute atomic E-state index is 12.2. The fourth-order valence-corrected chi connectivity index (χ4v) is 2.79. The topological polar surface area (TPSA) is 84.2 Å². The van der Waals surface area contributed by atoms with Gasteiger partial charge < -0.3 is 10.4 Å². The number of hydrogen-bond donors (Lipinski definition) is 2. The fourth-order valence-electron chi connectivity index (χ4n) is 2.79. The highest BCUT2D eigenvalue weighted by molar-refractivity contribution is 5.93. The molecule has 1 aliphatic rings. The average molecular weight is 279 g/mol. The molecular weight excluding hydrogens is 258 g/mol. The first-order valence-corrected chi connectivity index (χ1v) is 7.11. The molecule has 1 aromatic heterocycles. The lowest BCUT2D eigenvalue weighted by molar-refractivity contribution is -0.143. The van der Waals surface area contributed by atoms with E-state index in [1.165, 1.54) is 4.68 Å². The Hall–Kier alpha value is -1.85. The molecule has 0 aromatic carbocycles. The van der Waals surface area contributed by atoms with E-state index in [1.807, 2.05) is 0 Å². The van der Waals surface area contributed by atoms with Gasteiger partial charge in [0.2, 0.25) is 0 Å². The maximum atomic E-state index is 12.2. The number of amides is 1. The first-order chi connectivity index (χ1) is 9.59. The molecule has 6 heteroatoms. The average Bonchev–Trinajstić information content (AvgIpc) is 2.78. The first kappa shape index (κ1) is 14.6. The van der Waals surface area contributed by atoms with Gasteiger partial charge in [0.15, 0.2) is 0 Å². The van der Waals surface area contributed by atoms with Crippen LogP contribution in [0.2, 0.25) is 0 Å². The van der Waals surface area contributed by atoms with Crippen LogP contribution in [0.5, 0.6) is 0 Å². The lowest BCUT2D eigenvalue weighted by Crippen LogP contribution is -2.44. The first-order valence-electron chi connectivity index (χ1n) is 7.11. The Morgan fingerprint density at radius 3 is 2.60 bits per heavy atom. The van der Waals surface area contributed by atoms with Crippen molar-refractivity contribution in [1.29, 1.82) is 0 Å². The number of nitrogens with one attached hydrogen (secondary N) is 1. The summed E-state index contributed by atoms with van der Waals surface area (Å²) in [6.45, 7) is 0. The molecular formula is C14H21N3O3. The number of rotatable bonds is 3. The van der Waals surface area contributed by atoms with Gasteiger partial charge >= 0.3 is 5.97 Å². The van der Waals surface area contributed by atoms with Crippen LogP contribution in [0.1, 0.15) is 49.0 Å². The summed E-state index contributed by atoms with van der Waals surface area (Å²) in [5, 5.41) is 16.2. The Kier molecular flexibility index (Phi) is 4.76. The van der Waals surface area contributed by atoms with E-state index in [4.69, 9.17) is 0 Å². The Bertz CT molecular complexity index is 484. The van der Waals surface area contributed by atoms with Gasteiger partial charge in [-0.2, -0.15) is 5.10 Å². The zero-order chi connectivity index (χ0) is 14.5. The minimum Gasteiger partial charge on any atom is -0.481 e. The molecule has 20 heavy (non-hydrogen) atoms. The predicted octanol–water partition coefficient (Wildman–Crippen LogP) is 1.57. The van der Waals surface area contributed by atoms with Crippen LogP contribution in [0.3, 0.4) is 0 Å². The Morgan fingerprint density at radius 1 is 1.30 bits per heavy atom. The van der Waals surface area contributed by atoms with Crippen LogP contribution < -0.4 is 5.32 Å². The van der Waals surface area contributed by atoms with Crippen molar-refractivity contribution in [3.05, 3.63) is 18.0 Å². The Labute approximate surface area is 118 Å². The van der Waals surface area contributed by atoms with Crippen molar-refractivity contribution in [2.45, 2.75) is 44.6 Å². The number of carbonyl (C=O) groups is 2. The summed E-state index contributed by atoms with van der Waals surface area (Å²) in [5.74, 6) is -1.56. The second kappa shape index (κ2) is 6.54. The van der Waals surface area contributed by atoms with E-state index in [9.17, 15) is 14.7 Å². The molecule has 6 nitrogen and oxygen atoms in total. The van der Waals surface area contributed by atoms with Crippen molar-refractivity contribution in [2.75, 3.05) is 0 Å². The van der Waals surface area contributed by atoms with E-state index in [0.29, 0.717) is 12.1 Å². The molecule has 110 valence electrons. The van der Waals surface area contributed by atoms with Gasteiger partial charge in [-0.15, -0.1) is 0 Å². The molecule has 1 fully saturated rings. The van der Waals surface area contributed by atoms with Crippen molar-refractivity contribution >= 4 is 11.9 Å². The highest BCUT2D eigenvalue weighted by Gasteiger charge is 2.30. The minimum absolute atomic E-state index is 0.248. The maximum Gasteiger partial charge on any atom is 0.308 e. The molecule has 1 saturated carbocycles. The van der Waals surface area contributed by atoms with E-state index in [-0.39, 0.29) is 11.9 Å². The van der Waals surface area contributed by atoms with Gasteiger partial charge in [0, 0.05) is 19.3 Å². The van der Waals surface area contributed by atoms with Crippen LogP contribution in [0, 0.1) is 5.92 Å². The standard InChI is InChI=1S/C14H21N3O3/c1-17-12(8-9-15-17)13(18)16-11-7-5-3-2-4-6-10(11)14(19)20/h8-11H,2-7H2,1H3,(H,16,18)(H,19,20). The summed E-state index contributed by atoms with van der Waals surface area (Å²) in [5.41, 5.74) is 0.455. The smallest absolute Gasteiger partial charge is 0.308 e. The number of aryl methyl sites for hydroxylation is 1. The molecule has 2 N–H and O–H groups in total. The molecule has 1 amide bonds. The summed E-state index contributed by atoms with van der Waals surface area (Å²) >= 11 is 0. The molecule has 0 spiro atoms. The Morgan fingerprint density at radius 2 is 2.00 bits per heavy atom. The SMILES string of the molecule is Cn1nccc1C(=O)NC1CCCCCCC1C(=O)O. The molecule has 2 rings (SSSR count). The van der Waals surface area contributed by atoms with Gasteiger partial charge in [-0.3, -0.25) is 14.3 Å². The summed E-state index contributed by atoms with van der Waals surface area (Å²) in [6, 6.07) is 1.34. The van der Waals surface area contributed by atoms with E-state index < -0.39 is 11.9 Å². The van der Waals surface area contributed by atoms with E-state index >= 15 is 0 Å². The molecule has 0 bridgehead atoms. The van der Waals surface area contributed by atoms with Gasteiger partial charge in [0.1, 0.15) is 5.69 Å². The van der Waals surface area contributed by atoms with Crippen molar-refractivity contribution in [3.63, 3.8) is 0 Å². The van der Waals surface area contributed by atoms with Crippen molar-refractivity contribution in [2.24, 2.45) is 13.0 Å². The number of nitrogens with zero attached hydrogens (tertiary/aromatic N) is 2. The zero-order valence-electron chi connectivity index (χ0n) is 11.7. The molecule has 1 aromatic rings. The summed E-state index contributed by atoms with van der Waals surface area (Å²) in [6.07, 6.45) is 6.96. The van der Waals surface area contributed by atoms with Crippen LogP contribution in [0.25, 0.3) is 0 Å². The third-order valence-electron chi connectivity index (χ3n) is 3.95. The van der Waals surface area contributed by atoms with Crippen LogP contribution in [0.4, 0.5) is 0 Å². The Balaban J connectivity index is 2.08. The largest absolute Gasteiger partial charge is 0.481 e. The summed E-state index contributed by atoms with van der Waals surface area (Å²) in [7, 11) is 1.70. The van der Waals surface area contributed by atoms with E-state index in [1.54, 1.807) is 19.3 Å². The van der Waals surface area contributed by atoms with Gasteiger partial charge in [-0.05, 0) is 18.9 Å². The molecule has 0 radical (unpaired) electrons. The van der Waals surface area contributed by atoms with Crippen molar-refractivity contribution < 1.29 is 14.7 Å². The highest BCUT2D eigenvalue weighted by atomic mass is 16.4. The number of aliphatic carboxylic acids is 1. The number of carboxylic acids is 1. The highest BCUT2D eigenvalue weighted by Crippen LogP contribution is 2.23. The normalized spacial score (nSPS) is 23.6. The van der Waals surface area contributed by atoms with Gasteiger partial charge in [0.25, 0.3) is 5.91 Å². The second-order valence-electron chi connectivity index (χ2n) is 5.36. The lowest BCUT2D eigenvalue weighted by atomic mass is 9.86. The number of carbonyl (C=O) groups excluding carboxylic acids is 1. The summed E-state index contributed by atoms with van der Waals surface area (Å²) < 4.78 is 1.49. The summed E-state index contributed by atoms with van der Waals surface area (Å²) in [4.78, 5) is 23.6. The van der Waals surface area contributed by atoms with E-state index in [0.717, 1.165) is 32.1 Å². The monoisotopic (exact) mass is 279 g/mol. The molecule has 2 atom stereocenters. The second-order valence-corrected chi connectivity index (χ2v) is 5.36. The van der Waals surface area contributed by atoms with Gasteiger partial charge in [-0.1, -0.05) is 25.7 Å². The number of aromatic nitrogens is 2. The quantitative estimate of drug-likeness (QED) is 0.879. The fraction of sp³-hybridized carbons (Fsp3) is 0.643. The molecule has 1 heterocycles. The molecule has 0 saturated heterocycles.